The highest BCUT2D eigenvalue weighted by Gasteiger charge is 2.45. The summed E-state index contributed by atoms with van der Waals surface area (Å²) in [5.41, 5.74) is 0.730. The van der Waals surface area contributed by atoms with Crippen molar-refractivity contribution in [3.05, 3.63) is 24.3 Å². The van der Waals surface area contributed by atoms with Crippen LogP contribution in [-0.4, -0.2) is 63.6 Å². The number of hydrogen-bond donors (Lipinski definition) is 2. The van der Waals surface area contributed by atoms with Crippen LogP contribution in [0.15, 0.2) is 24.3 Å². The number of amides is 2. The lowest BCUT2D eigenvalue weighted by Gasteiger charge is -2.50. The molecule has 2 rings (SSSR count). The Morgan fingerprint density at radius 1 is 0.596 bits per heavy atom. The molecule has 2 aliphatic rings. The Hall–Kier alpha value is -2.34. The van der Waals surface area contributed by atoms with Gasteiger partial charge in [-0.1, -0.05) is 54.7 Å². The molecule has 0 aromatic rings. The van der Waals surface area contributed by atoms with Crippen molar-refractivity contribution in [2.45, 2.75) is 100 Å². The van der Waals surface area contributed by atoms with E-state index >= 15 is 0 Å². The van der Waals surface area contributed by atoms with E-state index in [9.17, 15) is 19.2 Å². The number of rotatable bonds is 14. The lowest BCUT2D eigenvalue weighted by molar-refractivity contribution is -0.140. The molecule has 0 radical (unpaired) electrons. The van der Waals surface area contributed by atoms with Crippen LogP contribution in [-0.2, 0) is 28.5 Å². The molecule has 4 atom stereocenters. The van der Waals surface area contributed by atoms with Gasteiger partial charge in [-0.2, -0.15) is 27.0 Å². The van der Waals surface area contributed by atoms with E-state index in [0.29, 0.717) is 36.1 Å². The first-order valence-electron chi connectivity index (χ1n) is 16.2. The zero-order chi connectivity index (χ0) is 34.1. The Labute approximate surface area is 296 Å². The van der Waals surface area contributed by atoms with Crippen molar-refractivity contribution in [3.8, 4) is 0 Å². The summed E-state index contributed by atoms with van der Waals surface area (Å²) in [5.74, 6) is 0.0265. The lowest BCUT2D eigenvalue weighted by atomic mass is 9.56. The molecule has 10 nitrogen and oxygen atoms in total. The van der Waals surface area contributed by atoms with Crippen LogP contribution in [0.4, 0.5) is 9.59 Å². The van der Waals surface area contributed by atoms with Gasteiger partial charge in [-0.15, -0.1) is 0 Å². The molecule has 272 valence electrons. The van der Waals surface area contributed by atoms with Gasteiger partial charge in [0.1, 0.15) is 26.4 Å². The van der Waals surface area contributed by atoms with E-state index in [1.54, 1.807) is 13.8 Å². The van der Waals surface area contributed by atoms with Gasteiger partial charge in [0, 0.05) is 24.2 Å². The predicted molar refractivity (Wildman–Crippen MR) is 194 cm³/mol. The highest BCUT2D eigenvalue weighted by Crippen LogP contribution is 2.54. The zero-order valence-corrected chi connectivity index (χ0v) is 32.0. The maximum Gasteiger partial charge on any atom is 0.407 e. The topological polar surface area (TPSA) is 129 Å². The molecule has 2 aliphatic carbocycles. The fourth-order valence-electron chi connectivity index (χ4n) is 8.23. The highest BCUT2D eigenvalue weighted by molar-refractivity contribution is 7.59. The summed E-state index contributed by atoms with van der Waals surface area (Å²) in [6.07, 6.45) is 6.39. The fraction of sp³-hybridized carbons (Fsp3) is 0.771. The number of ether oxygens (including phenoxy) is 4. The summed E-state index contributed by atoms with van der Waals surface area (Å²) in [6.45, 7) is 25.0. The van der Waals surface area contributed by atoms with E-state index in [-0.39, 0.29) is 75.1 Å². The van der Waals surface area contributed by atoms with E-state index in [2.05, 4.69) is 65.3 Å². The van der Waals surface area contributed by atoms with Crippen LogP contribution in [0.5, 0.6) is 0 Å². The predicted octanol–water partition coefficient (Wildman–Crippen LogP) is 6.96. The van der Waals surface area contributed by atoms with Gasteiger partial charge >= 0.3 is 24.1 Å². The molecule has 0 aromatic heterocycles. The first-order valence-corrected chi connectivity index (χ1v) is 16.2. The van der Waals surface area contributed by atoms with Crippen LogP contribution >= 0.6 is 27.0 Å². The molecule has 2 N–H and O–H groups in total. The van der Waals surface area contributed by atoms with Crippen LogP contribution in [0, 0.1) is 33.5 Å². The second-order valence-electron chi connectivity index (χ2n) is 15.9. The number of esters is 2. The summed E-state index contributed by atoms with van der Waals surface area (Å²) >= 11 is 0. The highest BCUT2D eigenvalue weighted by atomic mass is 32.1. The fourth-order valence-corrected chi connectivity index (χ4v) is 8.23. The van der Waals surface area contributed by atoms with E-state index in [1.807, 2.05) is 0 Å². The van der Waals surface area contributed by atoms with Gasteiger partial charge in [0.25, 0.3) is 0 Å². The summed E-state index contributed by atoms with van der Waals surface area (Å²) in [7, 11) is 0. The molecule has 4 unspecified atom stereocenters. The van der Waals surface area contributed by atoms with Gasteiger partial charge in [0.15, 0.2) is 0 Å². The van der Waals surface area contributed by atoms with Crippen molar-refractivity contribution >= 4 is 51.1 Å². The molecular weight excluding hydrogens is 641 g/mol. The van der Waals surface area contributed by atoms with Crippen molar-refractivity contribution in [2.75, 3.05) is 39.5 Å². The summed E-state index contributed by atoms with van der Waals surface area (Å²) in [4.78, 5) is 47.8. The zero-order valence-electron chi connectivity index (χ0n) is 30.0. The van der Waals surface area contributed by atoms with Crippen molar-refractivity contribution in [1.82, 2.24) is 10.6 Å². The first-order chi connectivity index (χ1) is 20.7. The summed E-state index contributed by atoms with van der Waals surface area (Å²) < 4.78 is 20.4. The Balaban J connectivity index is 0.0000106. The third-order valence-corrected chi connectivity index (χ3v) is 8.84. The SMILES string of the molecule is C=C(C)C(=O)OCCOC(=O)NCC1(C)CC(CC2CC(C)(C)CC(C)(CNC(=O)OCCOC(=O)C(=C)C)C2)CC(C)(C)C1.S.S. The molecule has 0 heterocycles. The van der Waals surface area contributed by atoms with Gasteiger partial charge in [-0.3, -0.25) is 0 Å². The second kappa shape index (κ2) is 19.0. The second-order valence-corrected chi connectivity index (χ2v) is 15.9. The molecule has 2 amide bonds. The Bertz CT molecular complexity index is 1030. The van der Waals surface area contributed by atoms with Gasteiger partial charge < -0.3 is 29.6 Å². The maximum atomic E-state index is 12.4. The molecule has 0 aliphatic heterocycles. The third kappa shape index (κ3) is 16.6. The number of nitrogens with one attached hydrogen (secondary N) is 2. The van der Waals surface area contributed by atoms with Crippen molar-refractivity contribution in [2.24, 2.45) is 33.5 Å². The van der Waals surface area contributed by atoms with Gasteiger partial charge in [0.05, 0.1) is 0 Å². The third-order valence-electron chi connectivity index (χ3n) is 8.84. The monoisotopic (exact) mass is 702 g/mol. The van der Waals surface area contributed by atoms with E-state index in [1.165, 1.54) is 0 Å². The minimum absolute atomic E-state index is 0. The molecule has 0 aromatic carbocycles. The molecule has 0 saturated heterocycles. The smallest absolute Gasteiger partial charge is 0.407 e. The van der Waals surface area contributed by atoms with Crippen LogP contribution in [0.25, 0.3) is 0 Å². The number of carbonyl (C=O) groups is 4. The number of carbonyl (C=O) groups excluding carboxylic acids is 4. The van der Waals surface area contributed by atoms with Gasteiger partial charge in [0.2, 0.25) is 0 Å². The van der Waals surface area contributed by atoms with Crippen molar-refractivity contribution < 1.29 is 38.1 Å². The van der Waals surface area contributed by atoms with Crippen LogP contribution < -0.4 is 10.6 Å². The molecule has 2 fully saturated rings. The minimum Gasteiger partial charge on any atom is -0.459 e. The molecular formula is C35H62N2O8S2. The molecule has 0 spiro atoms. The number of alkyl carbamates (subject to hydrolysis) is 2. The minimum atomic E-state index is -0.508. The summed E-state index contributed by atoms with van der Waals surface area (Å²) in [6, 6.07) is 0. The Morgan fingerprint density at radius 3 is 1.23 bits per heavy atom. The van der Waals surface area contributed by atoms with E-state index < -0.39 is 24.1 Å². The standard InChI is InChI=1S/C35H58N2O8.2H2S/c1-24(2)28(38)42-11-13-44-30(40)36-22-34(9)18-26(16-32(5,6)20-34)15-27-17-33(7,8)21-35(10,19-27)23-37-31(41)45-14-12-43-29(39)25(3)4;;/h26-27H,1,3,11-23H2,2,4-10H3,(H,36,40)(H,37,41);2*1H2. The maximum absolute atomic E-state index is 12.4. The molecule has 47 heavy (non-hydrogen) atoms. The largest absolute Gasteiger partial charge is 0.459 e. The van der Waals surface area contributed by atoms with Crippen molar-refractivity contribution in [1.29, 1.82) is 0 Å². The van der Waals surface area contributed by atoms with Crippen LogP contribution in [0.2, 0.25) is 0 Å². The molecule has 12 heteroatoms. The summed E-state index contributed by atoms with van der Waals surface area (Å²) in [5, 5.41) is 5.90. The molecule has 0 bridgehead atoms. The Kier molecular flexibility index (Phi) is 18.1. The number of hydrogen-bond acceptors (Lipinski definition) is 8. The quantitative estimate of drug-likeness (QED) is 0.0861. The van der Waals surface area contributed by atoms with Crippen LogP contribution in [0.1, 0.15) is 100 Å². The lowest BCUT2D eigenvalue weighted by Crippen LogP contribution is -2.46. The van der Waals surface area contributed by atoms with Crippen LogP contribution in [0.3, 0.4) is 0 Å². The normalized spacial score (nSPS) is 25.8. The van der Waals surface area contributed by atoms with Gasteiger partial charge in [-0.25, -0.2) is 19.2 Å². The van der Waals surface area contributed by atoms with E-state index in [0.717, 1.165) is 44.9 Å². The van der Waals surface area contributed by atoms with Gasteiger partial charge in [-0.05, 0) is 92.3 Å². The molecule has 2 saturated carbocycles. The average molecular weight is 703 g/mol. The van der Waals surface area contributed by atoms with Crippen molar-refractivity contribution in [3.63, 3.8) is 0 Å². The van der Waals surface area contributed by atoms with E-state index in [4.69, 9.17) is 18.9 Å². The first kappa shape index (κ1) is 44.7. The Morgan fingerprint density at radius 2 is 0.915 bits per heavy atom. The average Bonchev–Trinajstić information content (AvgIpc) is 2.88.